The Bertz CT molecular complexity index is 512. The molecule has 7 heteroatoms. The van der Waals surface area contributed by atoms with Gasteiger partial charge in [0.05, 0.1) is 11.0 Å². The van der Waals surface area contributed by atoms with Crippen LogP contribution in [0.2, 0.25) is 0 Å². The number of rotatable bonds is 4. The molecule has 0 spiro atoms. The van der Waals surface area contributed by atoms with Crippen LogP contribution in [0.15, 0.2) is 24.3 Å². The Kier molecular flexibility index (Phi) is 11.4. The maximum atomic E-state index is 12.3. The normalized spacial score (nSPS) is 15.2. The molecule has 1 aromatic rings. The van der Waals surface area contributed by atoms with E-state index in [1.807, 2.05) is 34.7 Å². The highest BCUT2D eigenvalue weighted by atomic mass is 16.6. The molecule has 0 aliphatic carbocycles. The van der Waals surface area contributed by atoms with Crippen molar-refractivity contribution in [2.24, 2.45) is 5.73 Å². The molecule has 1 heterocycles. The Morgan fingerprint density at radius 1 is 1.12 bits per heavy atom. The molecule has 2 rings (SSSR count). The molecule has 1 saturated heterocycles. The third-order valence-electron chi connectivity index (χ3n) is 3.73. The van der Waals surface area contributed by atoms with Crippen LogP contribution < -0.4 is 5.73 Å². The van der Waals surface area contributed by atoms with Crippen molar-refractivity contribution >= 4 is 11.6 Å². The molecule has 7 nitrogen and oxygen atoms in total. The largest absolute Gasteiger partial charge is 0.339 e. The van der Waals surface area contributed by atoms with Crippen LogP contribution in [0.25, 0.3) is 0 Å². The van der Waals surface area contributed by atoms with E-state index in [4.69, 9.17) is 5.73 Å². The second-order valence-corrected chi connectivity index (χ2v) is 5.36. The van der Waals surface area contributed by atoms with Gasteiger partial charge in [0, 0.05) is 38.3 Å². The number of nitro benzene ring substituents is 1. The van der Waals surface area contributed by atoms with Crippen molar-refractivity contribution in [1.82, 2.24) is 9.80 Å². The number of hydrogen-bond donors (Lipinski definition) is 1. The second kappa shape index (κ2) is 12.4. The van der Waals surface area contributed by atoms with E-state index in [0.29, 0.717) is 19.5 Å². The lowest BCUT2D eigenvalue weighted by atomic mass is 10.0. The van der Waals surface area contributed by atoms with Crippen molar-refractivity contribution in [3.63, 3.8) is 0 Å². The van der Waals surface area contributed by atoms with Crippen molar-refractivity contribution in [3.8, 4) is 0 Å². The summed E-state index contributed by atoms with van der Waals surface area (Å²) in [7, 11) is 2.03. The predicted molar refractivity (Wildman–Crippen MR) is 102 cm³/mol. The van der Waals surface area contributed by atoms with Crippen molar-refractivity contribution in [1.29, 1.82) is 0 Å². The summed E-state index contributed by atoms with van der Waals surface area (Å²) in [4.78, 5) is 26.4. The number of benzene rings is 1. The van der Waals surface area contributed by atoms with Gasteiger partial charge >= 0.3 is 0 Å². The summed E-state index contributed by atoms with van der Waals surface area (Å²) in [5, 5.41) is 10.6. The molecule has 0 bridgehead atoms. The highest BCUT2D eigenvalue weighted by Crippen LogP contribution is 2.13. The van der Waals surface area contributed by atoms with Crippen LogP contribution in [0.4, 0.5) is 5.69 Å². The molecule has 0 aromatic heterocycles. The summed E-state index contributed by atoms with van der Waals surface area (Å²) in [6, 6.07) is 5.56. The Morgan fingerprint density at radius 3 is 2.04 bits per heavy atom. The second-order valence-electron chi connectivity index (χ2n) is 5.36. The molecule has 2 N–H and O–H groups in total. The van der Waals surface area contributed by atoms with Crippen LogP contribution in [-0.2, 0) is 11.2 Å². The number of hydrogen-bond acceptors (Lipinski definition) is 5. The van der Waals surface area contributed by atoms with Gasteiger partial charge in [-0.1, -0.05) is 39.8 Å². The minimum absolute atomic E-state index is 0.0396. The first-order chi connectivity index (χ1) is 12.0. The molecule has 1 amide bonds. The first-order valence-electron chi connectivity index (χ1n) is 8.93. The van der Waals surface area contributed by atoms with E-state index in [2.05, 4.69) is 4.90 Å². The highest BCUT2D eigenvalue weighted by molar-refractivity contribution is 5.82. The van der Waals surface area contributed by atoms with Gasteiger partial charge < -0.3 is 15.5 Å². The minimum Gasteiger partial charge on any atom is -0.339 e. The minimum atomic E-state index is -0.602. The van der Waals surface area contributed by atoms with Gasteiger partial charge in [0.2, 0.25) is 5.91 Å². The zero-order valence-corrected chi connectivity index (χ0v) is 16.1. The molecular formula is C18H32N4O3. The number of nitrogens with zero attached hydrogens (tertiary/aromatic N) is 3. The van der Waals surface area contributed by atoms with E-state index in [-0.39, 0.29) is 11.6 Å². The smallest absolute Gasteiger partial charge is 0.269 e. The average Bonchev–Trinajstić information content (AvgIpc) is 2.65. The zero-order valence-electron chi connectivity index (χ0n) is 16.1. The number of carbonyl (C=O) groups is 1. The van der Waals surface area contributed by atoms with Gasteiger partial charge in [0.1, 0.15) is 0 Å². The van der Waals surface area contributed by atoms with Gasteiger partial charge in [-0.3, -0.25) is 14.9 Å². The average molecular weight is 352 g/mol. The highest BCUT2D eigenvalue weighted by Gasteiger charge is 2.24. The first kappa shape index (κ1) is 23.0. The zero-order chi connectivity index (χ0) is 19.4. The summed E-state index contributed by atoms with van der Waals surface area (Å²) < 4.78 is 0. The number of nitro groups is 1. The molecular weight excluding hydrogens is 320 g/mol. The van der Waals surface area contributed by atoms with Crippen molar-refractivity contribution in [3.05, 3.63) is 39.9 Å². The number of piperazine rings is 1. The Balaban J connectivity index is 0.00000134. The molecule has 1 aliphatic heterocycles. The molecule has 1 atom stereocenters. The van der Waals surface area contributed by atoms with Crippen LogP contribution in [0.5, 0.6) is 0 Å². The lowest BCUT2D eigenvalue weighted by Gasteiger charge is -2.33. The number of nitrogens with two attached hydrogens (primary N) is 1. The summed E-state index contributed by atoms with van der Waals surface area (Å²) in [6.07, 6.45) is 0.392. The Morgan fingerprint density at radius 2 is 1.60 bits per heavy atom. The summed E-state index contributed by atoms with van der Waals surface area (Å²) in [6.45, 7) is 11.1. The van der Waals surface area contributed by atoms with E-state index < -0.39 is 11.0 Å². The maximum absolute atomic E-state index is 12.3. The third-order valence-corrected chi connectivity index (χ3v) is 3.73. The molecule has 0 saturated carbocycles. The molecule has 1 fully saturated rings. The van der Waals surface area contributed by atoms with Crippen molar-refractivity contribution in [2.75, 3.05) is 33.2 Å². The van der Waals surface area contributed by atoms with Crippen LogP contribution in [0.3, 0.4) is 0 Å². The maximum Gasteiger partial charge on any atom is 0.269 e. The predicted octanol–water partition coefficient (Wildman–Crippen LogP) is 2.29. The van der Waals surface area contributed by atoms with Crippen LogP contribution in [0.1, 0.15) is 33.3 Å². The monoisotopic (exact) mass is 352 g/mol. The van der Waals surface area contributed by atoms with E-state index in [0.717, 1.165) is 18.7 Å². The quantitative estimate of drug-likeness (QED) is 0.663. The fourth-order valence-corrected chi connectivity index (χ4v) is 2.36. The summed E-state index contributed by atoms with van der Waals surface area (Å²) in [5.41, 5.74) is 6.84. The fraction of sp³-hybridized carbons (Fsp3) is 0.611. The molecule has 142 valence electrons. The van der Waals surface area contributed by atoms with E-state index >= 15 is 0 Å². The van der Waals surface area contributed by atoms with Gasteiger partial charge in [-0.05, 0) is 19.0 Å². The molecule has 1 aliphatic rings. The van der Waals surface area contributed by atoms with Gasteiger partial charge in [0.15, 0.2) is 0 Å². The van der Waals surface area contributed by atoms with Gasteiger partial charge in [-0.15, -0.1) is 0 Å². The van der Waals surface area contributed by atoms with Crippen LogP contribution in [0, 0.1) is 10.1 Å². The number of amides is 1. The Labute approximate surface area is 150 Å². The third kappa shape index (κ3) is 7.62. The molecule has 0 radical (unpaired) electrons. The van der Waals surface area contributed by atoms with E-state index in [1.54, 1.807) is 17.0 Å². The van der Waals surface area contributed by atoms with Gasteiger partial charge in [-0.2, -0.15) is 0 Å². The summed E-state index contributed by atoms with van der Waals surface area (Å²) in [5.74, 6) is -0.0542. The van der Waals surface area contributed by atoms with Gasteiger partial charge in [0.25, 0.3) is 5.69 Å². The molecule has 1 unspecified atom stereocenters. The summed E-state index contributed by atoms with van der Waals surface area (Å²) >= 11 is 0. The van der Waals surface area contributed by atoms with E-state index in [9.17, 15) is 14.9 Å². The van der Waals surface area contributed by atoms with Crippen LogP contribution >= 0.6 is 0 Å². The Hall–Kier alpha value is -1.99. The van der Waals surface area contributed by atoms with E-state index in [1.165, 1.54) is 12.1 Å². The SMILES string of the molecule is CC.CC.CN1CCN(C(=O)C(N)Cc2ccc([N+](=O)[O-])cc2)CC1. The van der Waals surface area contributed by atoms with Crippen molar-refractivity contribution < 1.29 is 9.72 Å². The number of non-ortho nitro benzene ring substituents is 1. The lowest BCUT2D eigenvalue weighted by Crippen LogP contribution is -2.52. The standard InChI is InChI=1S/C14H20N4O3.2C2H6/c1-16-6-8-17(9-7-16)14(19)13(15)10-11-2-4-12(5-3-11)18(20)21;2*1-2/h2-5,13H,6-10,15H2,1H3;2*1-2H3. The number of carbonyl (C=O) groups excluding carboxylic acids is 1. The van der Waals surface area contributed by atoms with Crippen molar-refractivity contribution in [2.45, 2.75) is 40.2 Å². The molecule has 25 heavy (non-hydrogen) atoms. The van der Waals surface area contributed by atoms with Crippen LogP contribution in [-0.4, -0.2) is 59.9 Å². The molecule has 1 aromatic carbocycles. The topological polar surface area (TPSA) is 92.7 Å². The fourth-order valence-electron chi connectivity index (χ4n) is 2.36. The van der Waals surface area contributed by atoms with Gasteiger partial charge in [-0.25, -0.2) is 0 Å². The number of likely N-dealkylation sites (N-methyl/N-ethyl adjacent to an activating group) is 1. The lowest BCUT2D eigenvalue weighted by molar-refractivity contribution is -0.384. The first-order valence-corrected chi connectivity index (χ1v) is 8.93.